The highest BCUT2D eigenvalue weighted by Gasteiger charge is 2.46. The molecule has 0 amide bonds. The molecular formula is C8H16ClNO. The summed E-state index contributed by atoms with van der Waals surface area (Å²) in [5, 5.41) is 8.62. The van der Waals surface area contributed by atoms with Gasteiger partial charge in [-0.25, -0.2) is 0 Å². The van der Waals surface area contributed by atoms with E-state index in [0.29, 0.717) is 6.61 Å². The first-order chi connectivity index (χ1) is 4.85. The molecule has 0 aromatic rings. The Balaban J connectivity index is 0.000000605. The first-order valence-electron chi connectivity index (χ1n) is 4.18. The average Bonchev–Trinajstić information content (AvgIpc) is 1.72. The molecule has 0 radical (unpaired) electrons. The molecule has 0 aromatic heterocycles. The van der Waals surface area contributed by atoms with E-state index in [9.17, 15) is 0 Å². The molecule has 1 aliphatic carbocycles. The fourth-order valence-electron chi connectivity index (χ4n) is 2.19. The maximum absolute atomic E-state index is 8.62. The molecule has 1 aliphatic heterocycles. The van der Waals surface area contributed by atoms with E-state index >= 15 is 0 Å². The Kier molecular flexibility index (Phi) is 2.79. The minimum atomic E-state index is 0. The summed E-state index contributed by atoms with van der Waals surface area (Å²) in [4.78, 5) is 2.35. The van der Waals surface area contributed by atoms with Crippen LogP contribution in [0.4, 0.5) is 0 Å². The van der Waals surface area contributed by atoms with Gasteiger partial charge in [-0.3, -0.25) is 4.90 Å². The highest BCUT2D eigenvalue weighted by atomic mass is 35.5. The molecule has 0 bridgehead atoms. The molecule has 0 aromatic carbocycles. The molecule has 1 spiro atoms. The Bertz CT molecular complexity index is 128. The lowest BCUT2D eigenvalue weighted by molar-refractivity contribution is -0.0648. The molecule has 0 unspecified atom stereocenters. The van der Waals surface area contributed by atoms with E-state index in [1.807, 2.05) is 0 Å². The second kappa shape index (κ2) is 3.30. The van der Waals surface area contributed by atoms with Crippen LogP contribution >= 0.6 is 12.4 Å². The second-order valence-corrected chi connectivity index (χ2v) is 3.79. The number of rotatable bonds is 2. The highest BCUT2D eigenvalue weighted by molar-refractivity contribution is 5.85. The van der Waals surface area contributed by atoms with Crippen LogP contribution in [0.25, 0.3) is 0 Å². The molecule has 66 valence electrons. The van der Waals surface area contributed by atoms with Crippen molar-refractivity contribution in [2.75, 3.05) is 26.2 Å². The fraction of sp³-hybridized carbons (Fsp3) is 1.00. The molecule has 11 heavy (non-hydrogen) atoms. The average molecular weight is 178 g/mol. The number of halogens is 1. The van der Waals surface area contributed by atoms with Gasteiger partial charge in [0.2, 0.25) is 0 Å². The third-order valence-corrected chi connectivity index (χ3v) is 2.95. The molecule has 2 rings (SSSR count). The number of aliphatic hydroxyl groups excluding tert-OH is 1. The summed E-state index contributed by atoms with van der Waals surface area (Å²) in [5.41, 5.74) is 0.731. The number of hydrogen-bond acceptors (Lipinski definition) is 2. The number of nitrogens with zero attached hydrogens (tertiary/aromatic N) is 1. The van der Waals surface area contributed by atoms with Gasteiger partial charge in [0.05, 0.1) is 6.61 Å². The molecule has 2 nitrogen and oxygen atoms in total. The van der Waals surface area contributed by atoms with Crippen molar-refractivity contribution in [2.24, 2.45) is 5.41 Å². The zero-order valence-electron chi connectivity index (χ0n) is 6.75. The van der Waals surface area contributed by atoms with E-state index in [1.54, 1.807) is 0 Å². The van der Waals surface area contributed by atoms with Crippen molar-refractivity contribution < 1.29 is 5.11 Å². The first-order valence-corrected chi connectivity index (χ1v) is 4.18. The zero-order chi connectivity index (χ0) is 7.03. The summed E-state index contributed by atoms with van der Waals surface area (Å²) >= 11 is 0. The molecule has 1 saturated carbocycles. The Morgan fingerprint density at radius 2 is 1.91 bits per heavy atom. The Morgan fingerprint density at radius 1 is 1.27 bits per heavy atom. The van der Waals surface area contributed by atoms with Crippen molar-refractivity contribution in [2.45, 2.75) is 19.3 Å². The zero-order valence-corrected chi connectivity index (χ0v) is 7.57. The molecule has 2 aliphatic rings. The van der Waals surface area contributed by atoms with Crippen molar-refractivity contribution in [3.8, 4) is 0 Å². The number of β-amino-alcohol motifs (C(OH)–C–C–N with tert-alkyl or cyclic N) is 1. The monoisotopic (exact) mass is 177 g/mol. The minimum absolute atomic E-state index is 0. The third-order valence-electron chi connectivity index (χ3n) is 2.95. The van der Waals surface area contributed by atoms with Gasteiger partial charge in [-0.2, -0.15) is 0 Å². The van der Waals surface area contributed by atoms with Gasteiger partial charge in [0.1, 0.15) is 0 Å². The molecule has 1 N–H and O–H groups in total. The normalized spacial score (nSPS) is 27.0. The van der Waals surface area contributed by atoms with Gasteiger partial charge in [0.25, 0.3) is 0 Å². The van der Waals surface area contributed by atoms with E-state index in [2.05, 4.69) is 4.90 Å². The van der Waals surface area contributed by atoms with Crippen molar-refractivity contribution in [3.63, 3.8) is 0 Å². The van der Waals surface area contributed by atoms with Crippen LogP contribution in [0.1, 0.15) is 19.3 Å². The van der Waals surface area contributed by atoms with Crippen LogP contribution in [-0.4, -0.2) is 36.2 Å². The van der Waals surface area contributed by atoms with E-state index in [0.717, 1.165) is 12.0 Å². The van der Waals surface area contributed by atoms with Crippen LogP contribution in [0.3, 0.4) is 0 Å². The van der Waals surface area contributed by atoms with E-state index in [-0.39, 0.29) is 12.4 Å². The number of aliphatic hydroxyl groups is 1. The molecule has 0 atom stereocenters. The summed E-state index contributed by atoms with van der Waals surface area (Å²) < 4.78 is 0. The standard InChI is InChI=1S/C8H15NO.ClH/c10-5-4-9-6-8(7-9)2-1-3-8;/h10H,1-7H2;1H. The first kappa shape index (κ1) is 9.30. The van der Waals surface area contributed by atoms with Gasteiger partial charge >= 0.3 is 0 Å². The Hall–Kier alpha value is 0.210. The van der Waals surface area contributed by atoms with Crippen LogP contribution in [0.15, 0.2) is 0 Å². The summed E-state index contributed by atoms with van der Waals surface area (Å²) in [7, 11) is 0. The molecule has 3 heteroatoms. The fourth-order valence-corrected chi connectivity index (χ4v) is 2.19. The molecule has 1 heterocycles. The van der Waals surface area contributed by atoms with E-state index in [4.69, 9.17) is 5.11 Å². The molecule has 2 fully saturated rings. The van der Waals surface area contributed by atoms with E-state index in [1.165, 1.54) is 32.4 Å². The Labute approximate surface area is 74.0 Å². The quantitative estimate of drug-likeness (QED) is 0.677. The molecule has 1 saturated heterocycles. The topological polar surface area (TPSA) is 23.5 Å². The molecular weight excluding hydrogens is 162 g/mol. The van der Waals surface area contributed by atoms with Crippen LogP contribution in [0.2, 0.25) is 0 Å². The van der Waals surface area contributed by atoms with Gasteiger partial charge < -0.3 is 5.11 Å². The number of likely N-dealkylation sites (tertiary alicyclic amines) is 1. The summed E-state index contributed by atoms with van der Waals surface area (Å²) in [6, 6.07) is 0. The van der Waals surface area contributed by atoms with Crippen LogP contribution in [0.5, 0.6) is 0 Å². The summed E-state index contributed by atoms with van der Waals surface area (Å²) in [6.07, 6.45) is 4.32. The van der Waals surface area contributed by atoms with Gasteiger partial charge in [0.15, 0.2) is 0 Å². The SMILES string of the molecule is Cl.OCCN1CC2(CCC2)C1. The maximum atomic E-state index is 8.62. The summed E-state index contributed by atoms with van der Waals surface area (Å²) in [6.45, 7) is 3.74. The van der Waals surface area contributed by atoms with E-state index < -0.39 is 0 Å². The summed E-state index contributed by atoms with van der Waals surface area (Å²) in [5.74, 6) is 0. The lowest BCUT2D eigenvalue weighted by Crippen LogP contribution is -2.60. The van der Waals surface area contributed by atoms with Crippen molar-refractivity contribution in [3.05, 3.63) is 0 Å². The largest absolute Gasteiger partial charge is 0.395 e. The number of hydrogen-bond donors (Lipinski definition) is 1. The third kappa shape index (κ3) is 1.53. The lowest BCUT2D eigenvalue weighted by Gasteiger charge is -2.56. The minimum Gasteiger partial charge on any atom is -0.395 e. The van der Waals surface area contributed by atoms with Crippen LogP contribution in [0, 0.1) is 5.41 Å². The lowest BCUT2D eigenvalue weighted by atomic mass is 9.63. The van der Waals surface area contributed by atoms with Crippen molar-refractivity contribution in [1.29, 1.82) is 0 Å². The second-order valence-electron chi connectivity index (χ2n) is 3.79. The van der Waals surface area contributed by atoms with Gasteiger partial charge in [-0.1, -0.05) is 6.42 Å². The van der Waals surface area contributed by atoms with Gasteiger partial charge in [-0.15, -0.1) is 12.4 Å². The predicted octanol–water partition coefficient (Wildman–Crippen LogP) is 0.886. The smallest absolute Gasteiger partial charge is 0.0558 e. The predicted molar refractivity (Wildman–Crippen MR) is 47.1 cm³/mol. The van der Waals surface area contributed by atoms with Crippen LogP contribution in [-0.2, 0) is 0 Å². The van der Waals surface area contributed by atoms with Gasteiger partial charge in [0, 0.05) is 19.6 Å². The van der Waals surface area contributed by atoms with Crippen LogP contribution < -0.4 is 0 Å². The highest BCUT2D eigenvalue weighted by Crippen LogP contribution is 2.47. The maximum Gasteiger partial charge on any atom is 0.0558 e. The van der Waals surface area contributed by atoms with Gasteiger partial charge in [-0.05, 0) is 18.3 Å². The van der Waals surface area contributed by atoms with Crippen molar-refractivity contribution in [1.82, 2.24) is 4.90 Å². The van der Waals surface area contributed by atoms with Crippen molar-refractivity contribution >= 4 is 12.4 Å². The Morgan fingerprint density at radius 3 is 2.27 bits per heavy atom.